The second-order valence-electron chi connectivity index (χ2n) is 4.58. The van der Waals surface area contributed by atoms with E-state index < -0.39 is 0 Å². The quantitative estimate of drug-likeness (QED) is 0.729. The van der Waals surface area contributed by atoms with E-state index in [2.05, 4.69) is 10.3 Å². The lowest BCUT2D eigenvalue weighted by molar-refractivity contribution is 1.32. The summed E-state index contributed by atoms with van der Waals surface area (Å²) < 4.78 is 0. The first kappa shape index (κ1) is 14.5. The van der Waals surface area contributed by atoms with Crippen LogP contribution >= 0.6 is 23.2 Å². The van der Waals surface area contributed by atoms with E-state index in [4.69, 9.17) is 23.2 Å². The molecule has 1 aromatic heterocycles. The molecule has 0 saturated heterocycles. The topological polar surface area (TPSA) is 68.7 Å². The third-order valence-electron chi connectivity index (χ3n) is 3.23. The summed E-state index contributed by atoms with van der Waals surface area (Å²) in [5, 5.41) is 13.5. The average Bonchev–Trinajstić information content (AvgIpc) is 2.51. The molecule has 2 N–H and O–H groups in total. The van der Waals surface area contributed by atoms with Gasteiger partial charge in [0.2, 0.25) is 5.43 Å². The van der Waals surface area contributed by atoms with E-state index in [-0.39, 0.29) is 16.8 Å². The molecule has 1 heterocycles. The summed E-state index contributed by atoms with van der Waals surface area (Å²) in [6, 6.07) is 13.9. The van der Waals surface area contributed by atoms with Crippen LogP contribution in [0.2, 0.25) is 10.0 Å². The zero-order chi connectivity index (χ0) is 15.7. The van der Waals surface area contributed by atoms with Crippen LogP contribution in [0, 0.1) is 11.3 Å². The number of anilines is 2. The van der Waals surface area contributed by atoms with Gasteiger partial charge in [0.1, 0.15) is 17.5 Å². The molecule has 4 nitrogen and oxygen atoms in total. The third-order valence-corrected chi connectivity index (χ3v) is 3.88. The number of fused-ring (bicyclic) bond motifs is 1. The Kier molecular flexibility index (Phi) is 3.76. The number of para-hydroxylation sites is 2. The lowest BCUT2D eigenvalue weighted by atomic mass is 10.1. The van der Waals surface area contributed by atoms with Gasteiger partial charge in [-0.2, -0.15) is 5.26 Å². The molecule has 0 unspecified atom stereocenters. The van der Waals surface area contributed by atoms with Gasteiger partial charge in [0, 0.05) is 5.39 Å². The molecule has 0 amide bonds. The van der Waals surface area contributed by atoms with Gasteiger partial charge >= 0.3 is 0 Å². The minimum absolute atomic E-state index is 0.0188. The molecule has 0 saturated carbocycles. The van der Waals surface area contributed by atoms with E-state index in [1.807, 2.05) is 6.07 Å². The first-order valence-electron chi connectivity index (χ1n) is 6.38. The Morgan fingerprint density at radius 1 is 1.05 bits per heavy atom. The molecule has 2 aromatic carbocycles. The van der Waals surface area contributed by atoms with Crippen molar-refractivity contribution in [1.29, 1.82) is 5.26 Å². The van der Waals surface area contributed by atoms with Crippen LogP contribution in [0.1, 0.15) is 5.56 Å². The number of nitrogens with one attached hydrogen (secondary N) is 2. The fraction of sp³-hybridized carbons (Fsp3) is 0. The number of hydrogen-bond acceptors (Lipinski definition) is 3. The van der Waals surface area contributed by atoms with Crippen molar-refractivity contribution in [3.63, 3.8) is 0 Å². The molecule has 22 heavy (non-hydrogen) atoms. The van der Waals surface area contributed by atoms with Crippen molar-refractivity contribution >= 4 is 45.6 Å². The van der Waals surface area contributed by atoms with Gasteiger partial charge in [-0.15, -0.1) is 0 Å². The van der Waals surface area contributed by atoms with E-state index >= 15 is 0 Å². The van der Waals surface area contributed by atoms with Crippen molar-refractivity contribution in [3.05, 3.63) is 68.3 Å². The van der Waals surface area contributed by atoms with Crippen LogP contribution in [0.5, 0.6) is 0 Å². The maximum absolute atomic E-state index is 12.4. The normalized spacial score (nSPS) is 10.4. The molecule has 0 fully saturated rings. The van der Waals surface area contributed by atoms with Crippen LogP contribution < -0.4 is 10.7 Å². The molecule has 0 aliphatic heterocycles. The molecule has 0 atom stereocenters. The number of nitriles is 1. The zero-order valence-electron chi connectivity index (χ0n) is 11.2. The number of rotatable bonds is 2. The third kappa shape index (κ3) is 2.41. The molecular formula is C16H9Cl2N3O. The summed E-state index contributed by atoms with van der Waals surface area (Å²) in [7, 11) is 0. The van der Waals surface area contributed by atoms with Crippen LogP contribution in [0.15, 0.2) is 47.3 Å². The maximum Gasteiger partial charge on any atom is 0.209 e. The Morgan fingerprint density at radius 3 is 2.50 bits per heavy atom. The second kappa shape index (κ2) is 5.72. The lowest BCUT2D eigenvalue weighted by Gasteiger charge is -2.11. The van der Waals surface area contributed by atoms with Gasteiger partial charge < -0.3 is 10.3 Å². The standard InChI is InChI=1S/C16H9Cl2N3O/c17-11-5-1-2-7-13(11)20-16-10(8-19)15(22)9-4-3-6-12(18)14(9)21-16/h1-7H,(H2,20,21,22). The Morgan fingerprint density at radius 2 is 1.77 bits per heavy atom. The first-order chi connectivity index (χ1) is 10.6. The second-order valence-corrected chi connectivity index (χ2v) is 5.40. The van der Waals surface area contributed by atoms with Crippen molar-refractivity contribution in [1.82, 2.24) is 4.98 Å². The number of hydrogen-bond donors (Lipinski definition) is 2. The van der Waals surface area contributed by atoms with Crippen molar-refractivity contribution in [3.8, 4) is 6.07 Å². The van der Waals surface area contributed by atoms with Crippen LogP contribution in [-0.4, -0.2) is 4.98 Å². The van der Waals surface area contributed by atoms with Gasteiger partial charge in [0.05, 0.1) is 21.2 Å². The van der Waals surface area contributed by atoms with Crippen molar-refractivity contribution in [2.45, 2.75) is 0 Å². The fourth-order valence-corrected chi connectivity index (χ4v) is 2.58. The Hall–Kier alpha value is -2.48. The highest BCUT2D eigenvalue weighted by molar-refractivity contribution is 6.35. The number of aromatic nitrogens is 1. The van der Waals surface area contributed by atoms with Crippen LogP contribution in [0.4, 0.5) is 11.5 Å². The van der Waals surface area contributed by atoms with Gasteiger partial charge in [-0.1, -0.05) is 41.4 Å². The lowest BCUT2D eigenvalue weighted by Crippen LogP contribution is -2.12. The molecule has 0 radical (unpaired) electrons. The van der Waals surface area contributed by atoms with Gasteiger partial charge in [0.15, 0.2) is 0 Å². The van der Waals surface area contributed by atoms with Gasteiger partial charge in [-0.05, 0) is 24.3 Å². The van der Waals surface area contributed by atoms with E-state index in [1.54, 1.807) is 42.5 Å². The van der Waals surface area contributed by atoms with Crippen molar-refractivity contribution in [2.24, 2.45) is 0 Å². The smallest absolute Gasteiger partial charge is 0.209 e. The Labute approximate surface area is 135 Å². The number of nitrogens with zero attached hydrogens (tertiary/aromatic N) is 1. The van der Waals surface area contributed by atoms with Gasteiger partial charge in [0.25, 0.3) is 0 Å². The van der Waals surface area contributed by atoms with Crippen LogP contribution in [0.25, 0.3) is 10.9 Å². The summed E-state index contributed by atoms with van der Waals surface area (Å²) in [6.07, 6.45) is 0. The summed E-state index contributed by atoms with van der Waals surface area (Å²) in [6.45, 7) is 0. The molecule has 3 aromatic rings. The molecule has 6 heteroatoms. The highest BCUT2D eigenvalue weighted by atomic mass is 35.5. The number of pyridine rings is 1. The molecule has 0 aliphatic carbocycles. The number of aromatic amines is 1. The van der Waals surface area contributed by atoms with Crippen molar-refractivity contribution in [2.75, 3.05) is 5.32 Å². The molecule has 0 bridgehead atoms. The highest BCUT2D eigenvalue weighted by Crippen LogP contribution is 2.27. The van der Waals surface area contributed by atoms with E-state index in [0.29, 0.717) is 26.6 Å². The molecule has 3 rings (SSSR count). The van der Waals surface area contributed by atoms with Crippen molar-refractivity contribution < 1.29 is 0 Å². The minimum atomic E-state index is -0.381. The van der Waals surface area contributed by atoms with Crippen LogP contribution in [-0.2, 0) is 0 Å². The zero-order valence-corrected chi connectivity index (χ0v) is 12.7. The Bertz CT molecular complexity index is 973. The largest absolute Gasteiger partial charge is 0.339 e. The average molecular weight is 330 g/mol. The molecule has 0 aliphatic rings. The van der Waals surface area contributed by atoms with Gasteiger partial charge in [-0.3, -0.25) is 4.79 Å². The highest BCUT2D eigenvalue weighted by Gasteiger charge is 2.14. The molecule has 108 valence electrons. The summed E-state index contributed by atoms with van der Waals surface area (Å²) in [5.41, 5.74) is 0.661. The SMILES string of the molecule is N#Cc1c(Nc2ccccc2Cl)[nH]c2c(Cl)cccc2c1=O. The molecule has 0 spiro atoms. The maximum atomic E-state index is 12.4. The van der Waals surface area contributed by atoms with Crippen LogP contribution in [0.3, 0.4) is 0 Å². The molecular weight excluding hydrogens is 321 g/mol. The number of halogens is 2. The van der Waals surface area contributed by atoms with E-state index in [9.17, 15) is 10.1 Å². The minimum Gasteiger partial charge on any atom is -0.339 e. The first-order valence-corrected chi connectivity index (χ1v) is 7.13. The predicted molar refractivity (Wildman–Crippen MR) is 89.0 cm³/mol. The monoisotopic (exact) mass is 329 g/mol. The summed E-state index contributed by atoms with van der Waals surface area (Å²) in [4.78, 5) is 15.4. The fourth-order valence-electron chi connectivity index (χ4n) is 2.17. The number of benzene rings is 2. The van der Waals surface area contributed by atoms with E-state index in [0.717, 1.165) is 0 Å². The van der Waals surface area contributed by atoms with E-state index in [1.165, 1.54) is 0 Å². The number of H-pyrrole nitrogens is 1. The predicted octanol–water partition coefficient (Wildman–Crippen LogP) is 4.45. The summed E-state index contributed by atoms with van der Waals surface area (Å²) in [5.74, 6) is 0.265. The Balaban J connectivity index is 2.26. The summed E-state index contributed by atoms with van der Waals surface area (Å²) >= 11 is 12.2. The van der Waals surface area contributed by atoms with Gasteiger partial charge in [-0.25, -0.2) is 0 Å².